The predicted octanol–water partition coefficient (Wildman–Crippen LogP) is 6.04. The maximum Gasteiger partial charge on any atom is 0.243 e. The van der Waals surface area contributed by atoms with Crippen LogP contribution in [0.15, 0.2) is 22.7 Å². The van der Waals surface area contributed by atoms with Crippen molar-refractivity contribution in [3.8, 4) is 0 Å². The van der Waals surface area contributed by atoms with Crippen LogP contribution in [-0.2, 0) is 17.8 Å². The molecule has 1 amide bonds. The van der Waals surface area contributed by atoms with Crippen LogP contribution in [-0.4, -0.2) is 21.5 Å². The number of para-hydroxylation sites is 1. The van der Waals surface area contributed by atoms with Gasteiger partial charge in [-0.15, -0.1) is 0 Å². The SMILES string of the molecule is CC.CC1(C)CC(=O)c2c(n(CCCCCCC(=O)NO)c3c(Br)cccc23)C1. The lowest BCUT2D eigenvalue weighted by atomic mass is 9.75. The summed E-state index contributed by atoms with van der Waals surface area (Å²) in [7, 11) is 0. The van der Waals surface area contributed by atoms with Gasteiger partial charge in [-0.3, -0.25) is 14.8 Å². The number of rotatable bonds is 7. The highest BCUT2D eigenvalue weighted by Gasteiger charge is 2.35. The fraction of sp³-hybridized carbons (Fsp3) is 0.565. The van der Waals surface area contributed by atoms with Crippen LogP contribution >= 0.6 is 15.9 Å². The average Bonchev–Trinajstić information content (AvgIpc) is 2.99. The van der Waals surface area contributed by atoms with Gasteiger partial charge in [-0.25, -0.2) is 5.48 Å². The molecule has 1 aromatic heterocycles. The van der Waals surface area contributed by atoms with E-state index in [4.69, 9.17) is 5.21 Å². The van der Waals surface area contributed by atoms with E-state index in [0.717, 1.165) is 65.3 Å². The third-order valence-corrected chi connectivity index (χ3v) is 6.00. The van der Waals surface area contributed by atoms with Gasteiger partial charge in [0.15, 0.2) is 5.78 Å². The van der Waals surface area contributed by atoms with Gasteiger partial charge in [0.05, 0.1) is 5.52 Å². The molecule has 1 aliphatic carbocycles. The molecule has 6 heteroatoms. The Balaban J connectivity index is 0.00000145. The van der Waals surface area contributed by atoms with E-state index in [1.165, 1.54) is 0 Å². The van der Waals surface area contributed by atoms with E-state index < -0.39 is 0 Å². The molecule has 1 aliphatic rings. The maximum atomic E-state index is 12.9. The Morgan fingerprint density at radius 3 is 2.55 bits per heavy atom. The van der Waals surface area contributed by atoms with Crippen molar-refractivity contribution >= 4 is 38.5 Å². The fourth-order valence-corrected chi connectivity index (χ4v) is 4.74. The van der Waals surface area contributed by atoms with E-state index in [9.17, 15) is 9.59 Å². The first-order valence-corrected chi connectivity index (χ1v) is 11.4. The number of nitrogens with zero attached hydrogens (tertiary/aromatic N) is 1. The topological polar surface area (TPSA) is 71.3 Å². The molecule has 2 aromatic rings. The Hall–Kier alpha value is -1.66. The van der Waals surface area contributed by atoms with Crippen LogP contribution in [0.5, 0.6) is 0 Å². The van der Waals surface area contributed by atoms with E-state index in [-0.39, 0.29) is 17.1 Å². The molecular weight excluding hydrogens is 432 g/mol. The van der Waals surface area contributed by atoms with Crippen molar-refractivity contribution in [2.24, 2.45) is 5.41 Å². The van der Waals surface area contributed by atoms with E-state index >= 15 is 0 Å². The number of unbranched alkanes of at least 4 members (excludes halogenated alkanes) is 3. The number of aromatic nitrogens is 1. The largest absolute Gasteiger partial charge is 0.343 e. The molecule has 0 fully saturated rings. The summed E-state index contributed by atoms with van der Waals surface area (Å²) < 4.78 is 3.35. The van der Waals surface area contributed by atoms with Crippen molar-refractivity contribution in [3.63, 3.8) is 0 Å². The molecule has 1 aromatic carbocycles. The third kappa shape index (κ3) is 5.48. The minimum atomic E-state index is -0.329. The van der Waals surface area contributed by atoms with Gasteiger partial charge in [0, 0.05) is 40.5 Å². The molecule has 3 rings (SSSR count). The Kier molecular flexibility index (Phi) is 8.46. The molecule has 1 heterocycles. The van der Waals surface area contributed by atoms with E-state index in [1.54, 1.807) is 5.48 Å². The first-order chi connectivity index (χ1) is 13.8. The number of benzene rings is 1. The van der Waals surface area contributed by atoms with Crippen LogP contribution in [0.2, 0.25) is 0 Å². The number of ketones is 1. The highest BCUT2D eigenvalue weighted by molar-refractivity contribution is 9.10. The standard InChI is InChI=1S/C21H27BrN2O3.C2H6/c1-21(2)12-16-19(17(25)13-21)14-8-7-9-15(22)20(14)24(16)11-6-4-3-5-10-18(26)23-27;1-2/h7-9,27H,3-6,10-13H2,1-2H3,(H,23,26);1-2H3. The first kappa shape index (κ1) is 23.6. The summed E-state index contributed by atoms with van der Waals surface area (Å²) in [4.78, 5) is 23.9. The monoisotopic (exact) mass is 464 g/mol. The summed E-state index contributed by atoms with van der Waals surface area (Å²) >= 11 is 3.68. The summed E-state index contributed by atoms with van der Waals surface area (Å²) in [6.07, 6.45) is 5.57. The van der Waals surface area contributed by atoms with Crippen molar-refractivity contribution in [2.75, 3.05) is 0 Å². The Morgan fingerprint density at radius 1 is 1.17 bits per heavy atom. The van der Waals surface area contributed by atoms with Crippen LogP contribution in [0.1, 0.15) is 82.3 Å². The van der Waals surface area contributed by atoms with Crippen LogP contribution in [0.25, 0.3) is 10.9 Å². The van der Waals surface area contributed by atoms with Gasteiger partial charge in [-0.2, -0.15) is 0 Å². The number of carbonyl (C=O) groups excluding carboxylic acids is 2. The number of amides is 1. The molecular formula is C23H33BrN2O3. The van der Waals surface area contributed by atoms with Crippen molar-refractivity contribution in [1.29, 1.82) is 0 Å². The zero-order valence-corrected chi connectivity index (χ0v) is 19.6. The molecule has 29 heavy (non-hydrogen) atoms. The number of Topliss-reactive ketones (excluding diaryl/α,β-unsaturated/α-hetero) is 1. The molecule has 0 saturated heterocycles. The second-order valence-corrected chi connectivity index (χ2v) is 9.10. The molecule has 5 nitrogen and oxygen atoms in total. The second kappa shape index (κ2) is 10.4. The molecule has 0 aliphatic heterocycles. The Labute approximate surface area is 181 Å². The van der Waals surface area contributed by atoms with Crippen molar-refractivity contribution in [3.05, 3.63) is 33.9 Å². The Bertz CT molecular complexity index is 871. The van der Waals surface area contributed by atoms with Crippen LogP contribution in [0, 0.1) is 5.41 Å². The summed E-state index contributed by atoms with van der Waals surface area (Å²) in [5, 5.41) is 9.59. The van der Waals surface area contributed by atoms with Gasteiger partial charge in [0.25, 0.3) is 0 Å². The molecule has 0 atom stereocenters. The average molecular weight is 465 g/mol. The molecule has 0 bridgehead atoms. The quantitative estimate of drug-likeness (QED) is 0.298. The zero-order chi connectivity index (χ0) is 21.6. The van der Waals surface area contributed by atoms with E-state index in [2.05, 4.69) is 40.4 Å². The van der Waals surface area contributed by atoms with E-state index in [1.807, 2.05) is 26.0 Å². The van der Waals surface area contributed by atoms with Crippen molar-refractivity contribution in [2.45, 2.75) is 79.2 Å². The molecule has 160 valence electrons. The van der Waals surface area contributed by atoms with Gasteiger partial charge in [0.2, 0.25) is 5.91 Å². The van der Waals surface area contributed by atoms with Crippen molar-refractivity contribution in [1.82, 2.24) is 10.0 Å². The summed E-state index contributed by atoms with van der Waals surface area (Å²) in [6, 6.07) is 6.09. The fourth-order valence-electron chi connectivity index (χ4n) is 4.16. The van der Waals surface area contributed by atoms with Crippen LogP contribution in [0.4, 0.5) is 0 Å². The minimum absolute atomic E-state index is 0.0135. The smallest absolute Gasteiger partial charge is 0.243 e. The number of nitrogens with one attached hydrogen (secondary N) is 1. The molecule has 0 radical (unpaired) electrons. The van der Waals surface area contributed by atoms with Gasteiger partial charge in [0.1, 0.15) is 0 Å². The number of hydroxylamine groups is 1. The zero-order valence-electron chi connectivity index (χ0n) is 18.0. The van der Waals surface area contributed by atoms with Gasteiger partial charge in [-0.05, 0) is 46.7 Å². The van der Waals surface area contributed by atoms with Crippen LogP contribution < -0.4 is 5.48 Å². The Morgan fingerprint density at radius 2 is 1.86 bits per heavy atom. The lowest BCUT2D eigenvalue weighted by Gasteiger charge is -2.30. The number of hydrogen-bond acceptors (Lipinski definition) is 3. The number of halogens is 1. The summed E-state index contributed by atoms with van der Waals surface area (Å²) in [5.74, 6) is -0.0803. The van der Waals surface area contributed by atoms with E-state index in [0.29, 0.717) is 12.8 Å². The van der Waals surface area contributed by atoms with Crippen molar-refractivity contribution < 1.29 is 14.8 Å². The van der Waals surface area contributed by atoms with Gasteiger partial charge >= 0.3 is 0 Å². The predicted molar refractivity (Wildman–Crippen MR) is 120 cm³/mol. The molecule has 0 saturated carbocycles. The summed E-state index contributed by atoms with van der Waals surface area (Å²) in [5.41, 5.74) is 4.85. The normalized spacial score (nSPS) is 14.9. The lowest BCUT2D eigenvalue weighted by Crippen LogP contribution is -2.28. The number of hydrogen-bond donors (Lipinski definition) is 2. The molecule has 0 unspecified atom stereocenters. The van der Waals surface area contributed by atoms with Gasteiger partial charge in [-0.1, -0.05) is 52.7 Å². The highest BCUT2D eigenvalue weighted by atomic mass is 79.9. The lowest BCUT2D eigenvalue weighted by molar-refractivity contribution is -0.129. The summed E-state index contributed by atoms with van der Waals surface area (Å²) in [6.45, 7) is 9.19. The van der Waals surface area contributed by atoms with Crippen LogP contribution in [0.3, 0.4) is 0 Å². The third-order valence-electron chi connectivity index (χ3n) is 5.36. The first-order valence-electron chi connectivity index (χ1n) is 10.6. The second-order valence-electron chi connectivity index (χ2n) is 8.25. The maximum absolute atomic E-state index is 12.9. The highest BCUT2D eigenvalue weighted by Crippen LogP contribution is 2.41. The number of carbonyl (C=O) groups is 2. The molecule has 2 N–H and O–H groups in total. The number of fused-ring (bicyclic) bond motifs is 3. The van der Waals surface area contributed by atoms with Gasteiger partial charge < -0.3 is 4.57 Å². The number of aryl methyl sites for hydroxylation is 1. The minimum Gasteiger partial charge on any atom is -0.343 e. The molecule has 0 spiro atoms.